The molecule has 2 aromatic rings. The van der Waals surface area contributed by atoms with E-state index < -0.39 is 12.1 Å². The van der Waals surface area contributed by atoms with Crippen molar-refractivity contribution >= 4 is 17.5 Å². The molecule has 0 bridgehead atoms. The van der Waals surface area contributed by atoms with Crippen molar-refractivity contribution in [1.29, 1.82) is 0 Å². The van der Waals surface area contributed by atoms with Gasteiger partial charge in [0.1, 0.15) is 11.4 Å². The number of rotatable bonds is 9. The number of carbonyl (C=O) groups is 1. The van der Waals surface area contributed by atoms with Crippen LogP contribution in [0.25, 0.3) is 0 Å². The molecular weight excluding hydrogens is 454 g/mol. The number of aliphatic hydroxyl groups excluding tert-OH is 1. The maximum Gasteiger partial charge on any atom is 0.218 e. The van der Waals surface area contributed by atoms with Crippen molar-refractivity contribution in [3.05, 3.63) is 52.7 Å². The maximum absolute atomic E-state index is 11.8. The first-order valence-corrected chi connectivity index (χ1v) is 12.4. The molecule has 1 fully saturated rings. The molecule has 3 atom stereocenters. The van der Waals surface area contributed by atoms with Crippen LogP contribution in [0.15, 0.2) is 36.5 Å². The predicted octanol–water partition coefficient (Wildman–Crippen LogP) is 3.97. The summed E-state index contributed by atoms with van der Waals surface area (Å²) in [6, 6.07) is 8.96. The molecule has 1 spiro atoms. The highest BCUT2D eigenvalue weighted by molar-refractivity contribution is 6.30. The van der Waals surface area contributed by atoms with Crippen molar-refractivity contribution in [2.75, 3.05) is 6.54 Å². The maximum atomic E-state index is 11.8. The quantitative estimate of drug-likeness (QED) is 0.495. The van der Waals surface area contributed by atoms with E-state index in [1.54, 1.807) is 6.20 Å². The summed E-state index contributed by atoms with van der Waals surface area (Å²) in [7, 11) is 0. The Morgan fingerprint density at radius 3 is 2.68 bits per heavy atom. The Morgan fingerprint density at radius 2 is 2.06 bits per heavy atom. The number of nitrogens with one attached hydrogen (secondary N) is 2. The SMILES string of the molecule is CC(=O)N[C@@H](Cc1ccc(Cl)cc1)[C@@H](O)CN[C@H]1CC2(CCC2)Oc2ncc(OC(C)C)cc21. The molecule has 4 rings (SSSR count). The number of aromatic nitrogens is 1. The van der Waals surface area contributed by atoms with Crippen LogP contribution < -0.4 is 20.1 Å². The van der Waals surface area contributed by atoms with E-state index >= 15 is 0 Å². The van der Waals surface area contributed by atoms with Crippen LogP contribution in [0.4, 0.5) is 0 Å². The van der Waals surface area contributed by atoms with Crippen molar-refractivity contribution in [2.24, 2.45) is 0 Å². The highest BCUT2D eigenvalue weighted by atomic mass is 35.5. The van der Waals surface area contributed by atoms with Gasteiger partial charge in [0.2, 0.25) is 11.8 Å². The fourth-order valence-electron chi connectivity index (χ4n) is 4.73. The van der Waals surface area contributed by atoms with E-state index in [1.807, 2.05) is 44.2 Å². The van der Waals surface area contributed by atoms with Gasteiger partial charge in [0.05, 0.1) is 24.4 Å². The lowest BCUT2D eigenvalue weighted by atomic mass is 9.73. The third-order valence-corrected chi connectivity index (χ3v) is 6.80. The lowest BCUT2D eigenvalue weighted by Crippen LogP contribution is -2.52. The molecule has 1 amide bonds. The second kappa shape index (κ2) is 10.5. The number of benzene rings is 1. The third kappa shape index (κ3) is 6.01. The Kier molecular flexibility index (Phi) is 7.65. The van der Waals surface area contributed by atoms with Gasteiger partial charge in [-0.25, -0.2) is 4.98 Å². The third-order valence-electron chi connectivity index (χ3n) is 6.55. The molecule has 0 saturated heterocycles. The lowest BCUT2D eigenvalue weighted by molar-refractivity contribution is -0.120. The predicted molar refractivity (Wildman–Crippen MR) is 131 cm³/mol. The van der Waals surface area contributed by atoms with Gasteiger partial charge in [-0.3, -0.25) is 4.79 Å². The summed E-state index contributed by atoms with van der Waals surface area (Å²) in [4.78, 5) is 16.4. The Labute approximate surface area is 206 Å². The van der Waals surface area contributed by atoms with Gasteiger partial charge in [-0.1, -0.05) is 23.7 Å². The minimum atomic E-state index is -0.786. The molecule has 1 saturated carbocycles. The van der Waals surface area contributed by atoms with Crippen molar-refractivity contribution in [3.8, 4) is 11.6 Å². The molecule has 1 aliphatic carbocycles. The van der Waals surface area contributed by atoms with E-state index in [1.165, 1.54) is 6.92 Å². The van der Waals surface area contributed by atoms with Crippen LogP contribution in [-0.2, 0) is 11.2 Å². The number of fused-ring (bicyclic) bond motifs is 1. The molecule has 3 N–H and O–H groups in total. The summed E-state index contributed by atoms with van der Waals surface area (Å²) in [6.45, 7) is 5.74. The number of carbonyl (C=O) groups excluding carboxylic acids is 1. The van der Waals surface area contributed by atoms with Crippen molar-refractivity contribution < 1.29 is 19.4 Å². The Morgan fingerprint density at radius 1 is 1.32 bits per heavy atom. The van der Waals surface area contributed by atoms with E-state index in [-0.39, 0.29) is 23.7 Å². The topological polar surface area (TPSA) is 92.7 Å². The van der Waals surface area contributed by atoms with Gasteiger partial charge >= 0.3 is 0 Å². The lowest BCUT2D eigenvalue weighted by Gasteiger charge is -2.47. The zero-order valence-electron chi connectivity index (χ0n) is 20.0. The highest BCUT2D eigenvalue weighted by Crippen LogP contribution is 2.48. The zero-order valence-corrected chi connectivity index (χ0v) is 20.8. The van der Waals surface area contributed by atoms with Crippen LogP contribution in [0.2, 0.25) is 5.02 Å². The van der Waals surface area contributed by atoms with Gasteiger partial charge in [0.25, 0.3) is 0 Å². The number of nitrogens with zero attached hydrogens (tertiary/aromatic N) is 1. The van der Waals surface area contributed by atoms with Gasteiger partial charge in [0.15, 0.2) is 0 Å². The molecule has 8 heteroatoms. The molecule has 2 heterocycles. The average Bonchev–Trinajstić information content (AvgIpc) is 2.76. The molecule has 7 nitrogen and oxygen atoms in total. The smallest absolute Gasteiger partial charge is 0.218 e. The summed E-state index contributed by atoms with van der Waals surface area (Å²) in [5.74, 6) is 1.16. The second-order valence-corrected chi connectivity index (χ2v) is 10.2. The van der Waals surface area contributed by atoms with E-state index in [4.69, 9.17) is 21.1 Å². The summed E-state index contributed by atoms with van der Waals surface area (Å²) in [5.41, 5.74) is 1.74. The van der Waals surface area contributed by atoms with E-state index in [2.05, 4.69) is 15.6 Å². The second-order valence-electron chi connectivity index (χ2n) is 9.74. The summed E-state index contributed by atoms with van der Waals surface area (Å²) >= 11 is 6.00. The number of pyridine rings is 1. The first-order chi connectivity index (χ1) is 16.2. The van der Waals surface area contributed by atoms with Crippen molar-refractivity contribution in [1.82, 2.24) is 15.6 Å². The number of ether oxygens (including phenoxy) is 2. The highest BCUT2D eigenvalue weighted by Gasteiger charge is 2.46. The zero-order chi connectivity index (χ0) is 24.3. The van der Waals surface area contributed by atoms with Crippen LogP contribution in [0.1, 0.15) is 63.6 Å². The number of amides is 1. The van der Waals surface area contributed by atoms with Gasteiger partial charge in [-0.15, -0.1) is 0 Å². The number of hydrogen-bond donors (Lipinski definition) is 3. The normalized spacial score (nSPS) is 20.1. The van der Waals surface area contributed by atoms with Crippen LogP contribution in [0, 0.1) is 0 Å². The van der Waals surface area contributed by atoms with Crippen molar-refractivity contribution in [2.45, 2.75) is 82.8 Å². The Hall–Kier alpha value is -2.35. The Bertz CT molecular complexity index is 994. The van der Waals surface area contributed by atoms with Crippen molar-refractivity contribution in [3.63, 3.8) is 0 Å². The van der Waals surface area contributed by atoms with E-state index in [9.17, 15) is 9.90 Å². The van der Waals surface area contributed by atoms with E-state index in [0.717, 1.165) is 36.8 Å². The molecule has 184 valence electrons. The van der Waals surface area contributed by atoms with E-state index in [0.29, 0.717) is 29.6 Å². The van der Waals surface area contributed by atoms with Crippen LogP contribution in [-0.4, -0.2) is 46.4 Å². The van der Waals surface area contributed by atoms with Crippen LogP contribution in [0.5, 0.6) is 11.6 Å². The minimum Gasteiger partial charge on any atom is -0.489 e. The molecule has 0 unspecified atom stereocenters. The summed E-state index contributed by atoms with van der Waals surface area (Å²) in [6.07, 6.45) is 5.43. The summed E-state index contributed by atoms with van der Waals surface area (Å²) in [5, 5.41) is 18.1. The number of aliphatic hydroxyl groups is 1. The Balaban J connectivity index is 1.48. The van der Waals surface area contributed by atoms with Crippen LogP contribution >= 0.6 is 11.6 Å². The fourth-order valence-corrected chi connectivity index (χ4v) is 4.86. The number of hydrogen-bond acceptors (Lipinski definition) is 6. The molecule has 0 radical (unpaired) electrons. The van der Waals surface area contributed by atoms with Gasteiger partial charge < -0.3 is 25.2 Å². The largest absolute Gasteiger partial charge is 0.489 e. The average molecular weight is 488 g/mol. The van der Waals surface area contributed by atoms with Gasteiger partial charge in [-0.2, -0.15) is 0 Å². The first-order valence-electron chi connectivity index (χ1n) is 12.0. The van der Waals surface area contributed by atoms with Crippen LogP contribution in [0.3, 0.4) is 0 Å². The molecule has 1 aliphatic heterocycles. The molecule has 2 aliphatic rings. The monoisotopic (exact) mass is 487 g/mol. The first kappa shape index (κ1) is 24.8. The summed E-state index contributed by atoms with van der Waals surface area (Å²) < 4.78 is 12.2. The molecule has 34 heavy (non-hydrogen) atoms. The fraction of sp³-hybridized carbons (Fsp3) is 0.538. The standard InChI is InChI=1S/C26H34ClN3O4/c1-16(2)33-20-12-21-23(13-26(9-4-10-26)34-25(21)29-14-20)28-15-24(32)22(30-17(3)31)11-18-5-7-19(27)8-6-18/h5-8,12,14,16,22-24,28,32H,4,9-11,13,15H2,1-3H3,(H,30,31)/t22-,23-,24-/m0/s1. The number of halogens is 1. The molecule has 1 aromatic heterocycles. The molecular formula is C26H34ClN3O4. The minimum absolute atomic E-state index is 0.0320. The van der Waals surface area contributed by atoms with Gasteiger partial charge in [-0.05, 0) is 63.3 Å². The van der Waals surface area contributed by atoms with Gasteiger partial charge in [0, 0.05) is 36.5 Å². The molecule has 1 aromatic carbocycles.